The number of allylic oxidation sites excluding steroid dienone is 2. The van der Waals surface area contributed by atoms with Gasteiger partial charge >= 0.3 is 5.97 Å². The fourth-order valence-electron chi connectivity index (χ4n) is 4.60. The van der Waals surface area contributed by atoms with Crippen LogP contribution in [0.5, 0.6) is 0 Å². The number of nitrogens with one attached hydrogen (secondary N) is 2. The van der Waals surface area contributed by atoms with E-state index in [0.29, 0.717) is 17.7 Å². The number of amides is 2. The lowest BCUT2D eigenvalue weighted by Gasteiger charge is -2.19. The zero-order valence-electron chi connectivity index (χ0n) is 21.1. The molecule has 6 nitrogen and oxygen atoms in total. The molecule has 0 saturated heterocycles. The van der Waals surface area contributed by atoms with E-state index < -0.39 is 11.9 Å². The largest absolute Gasteiger partial charge is 0.481 e. The Labute approximate surface area is 231 Å². The second kappa shape index (κ2) is 13.2. The van der Waals surface area contributed by atoms with E-state index in [1.165, 1.54) is 24.0 Å². The van der Waals surface area contributed by atoms with Gasteiger partial charge in [0.1, 0.15) is 0 Å². The van der Waals surface area contributed by atoms with E-state index in [1.807, 2.05) is 48.5 Å². The molecule has 2 amide bonds. The maximum atomic E-state index is 13.5. The molecule has 4 rings (SSSR count). The number of hydrogen-bond donors (Lipinski definition) is 3. The van der Waals surface area contributed by atoms with E-state index in [-0.39, 0.29) is 24.8 Å². The number of rotatable bonds is 10. The number of hydrogen-bond acceptors (Lipinski definition) is 3. The van der Waals surface area contributed by atoms with Gasteiger partial charge in [0.15, 0.2) is 0 Å². The third-order valence-corrected chi connectivity index (χ3v) is 7.16. The molecule has 3 N–H and O–H groups in total. The van der Waals surface area contributed by atoms with Crippen LogP contribution in [0.2, 0.25) is 0 Å². The number of carboxylic acid groups (broad SMARTS) is 1. The Morgan fingerprint density at radius 3 is 2.37 bits per heavy atom. The molecular weight excluding hydrogens is 544 g/mol. The minimum Gasteiger partial charge on any atom is -0.481 e. The molecule has 3 aromatic carbocycles. The zero-order valence-corrected chi connectivity index (χ0v) is 22.7. The number of carbonyl (C=O) groups excluding carboxylic acids is 2. The summed E-state index contributed by atoms with van der Waals surface area (Å²) in [6.07, 6.45) is 7.29. The van der Waals surface area contributed by atoms with Crippen molar-refractivity contribution in [2.45, 2.75) is 44.4 Å². The first-order valence-corrected chi connectivity index (χ1v) is 13.6. The van der Waals surface area contributed by atoms with E-state index in [0.717, 1.165) is 28.4 Å². The molecule has 0 bridgehead atoms. The van der Waals surface area contributed by atoms with Crippen LogP contribution in [0.1, 0.15) is 65.1 Å². The first-order chi connectivity index (χ1) is 18.4. The van der Waals surface area contributed by atoms with E-state index in [2.05, 4.69) is 44.8 Å². The fraction of sp³-hybridized carbons (Fsp3) is 0.258. The van der Waals surface area contributed by atoms with Crippen LogP contribution in [0.4, 0.5) is 5.69 Å². The molecule has 7 heteroatoms. The Morgan fingerprint density at radius 2 is 1.71 bits per heavy atom. The number of anilines is 1. The third-order valence-electron chi connectivity index (χ3n) is 6.66. The van der Waals surface area contributed by atoms with Crippen molar-refractivity contribution in [1.29, 1.82) is 0 Å². The summed E-state index contributed by atoms with van der Waals surface area (Å²) in [7, 11) is 0. The molecule has 1 aliphatic rings. The van der Waals surface area contributed by atoms with Crippen LogP contribution in [0, 0.1) is 0 Å². The Morgan fingerprint density at radius 1 is 0.947 bits per heavy atom. The molecule has 0 fully saturated rings. The number of halogens is 1. The Kier molecular flexibility index (Phi) is 9.49. The lowest BCUT2D eigenvalue weighted by atomic mass is 9.88. The predicted octanol–water partition coefficient (Wildman–Crippen LogP) is 6.58. The molecule has 1 unspecified atom stereocenters. The summed E-state index contributed by atoms with van der Waals surface area (Å²) in [5.41, 5.74) is 5.58. The Balaban J connectivity index is 1.52. The van der Waals surface area contributed by atoms with E-state index in [1.54, 1.807) is 12.1 Å². The molecule has 0 spiro atoms. The molecule has 38 heavy (non-hydrogen) atoms. The van der Waals surface area contributed by atoms with Crippen LogP contribution in [0.15, 0.2) is 83.3 Å². The summed E-state index contributed by atoms with van der Waals surface area (Å²) >= 11 is 3.46. The van der Waals surface area contributed by atoms with Gasteiger partial charge in [-0.05, 0) is 84.7 Å². The second-order valence-corrected chi connectivity index (χ2v) is 10.4. The van der Waals surface area contributed by atoms with Gasteiger partial charge in [0, 0.05) is 22.3 Å². The van der Waals surface area contributed by atoms with Crippen LogP contribution in [0.3, 0.4) is 0 Å². The first-order valence-electron chi connectivity index (χ1n) is 12.8. The quantitative estimate of drug-likeness (QED) is 0.255. The molecule has 0 aliphatic heterocycles. The van der Waals surface area contributed by atoms with Crippen molar-refractivity contribution >= 4 is 45.0 Å². The average Bonchev–Trinajstić information content (AvgIpc) is 2.92. The van der Waals surface area contributed by atoms with E-state index >= 15 is 0 Å². The second-order valence-electron chi connectivity index (χ2n) is 9.45. The SMILES string of the molecule is O=C(O)CCNC(=O)c1ccc(CC(C(=O)Nc2cccc(Br)c2)c2ccc(C3=CCCCC3)cc2)cc1. The van der Waals surface area contributed by atoms with Crippen LogP contribution >= 0.6 is 15.9 Å². The van der Waals surface area contributed by atoms with Crippen LogP contribution in [-0.4, -0.2) is 29.4 Å². The molecule has 0 radical (unpaired) electrons. The Bertz CT molecular complexity index is 1320. The van der Waals surface area contributed by atoms with Crippen molar-refractivity contribution in [1.82, 2.24) is 5.32 Å². The van der Waals surface area contributed by atoms with Crippen molar-refractivity contribution in [2.24, 2.45) is 0 Å². The summed E-state index contributed by atoms with van der Waals surface area (Å²) in [4.78, 5) is 36.5. The molecule has 0 saturated carbocycles. The summed E-state index contributed by atoms with van der Waals surface area (Å²) in [6.45, 7) is 0.0701. The maximum absolute atomic E-state index is 13.5. The summed E-state index contributed by atoms with van der Waals surface area (Å²) < 4.78 is 0.883. The minimum absolute atomic E-state index is 0.0701. The smallest absolute Gasteiger partial charge is 0.305 e. The van der Waals surface area contributed by atoms with Gasteiger partial charge in [0.05, 0.1) is 12.3 Å². The third kappa shape index (κ3) is 7.65. The van der Waals surface area contributed by atoms with E-state index in [9.17, 15) is 14.4 Å². The highest BCUT2D eigenvalue weighted by Crippen LogP contribution is 2.30. The molecule has 0 aromatic heterocycles. The average molecular weight is 576 g/mol. The number of carboxylic acids is 1. The van der Waals surface area contributed by atoms with Gasteiger partial charge in [-0.3, -0.25) is 14.4 Å². The summed E-state index contributed by atoms with van der Waals surface area (Å²) in [5.74, 6) is -1.83. The normalized spacial score (nSPS) is 13.8. The highest BCUT2D eigenvalue weighted by Gasteiger charge is 2.22. The minimum atomic E-state index is -0.962. The highest BCUT2D eigenvalue weighted by molar-refractivity contribution is 9.10. The molecule has 0 heterocycles. The fourth-order valence-corrected chi connectivity index (χ4v) is 5.00. The van der Waals surface area contributed by atoms with Crippen molar-refractivity contribution in [3.05, 3.63) is 106 Å². The lowest BCUT2D eigenvalue weighted by molar-refractivity contribution is -0.136. The maximum Gasteiger partial charge on any atom is 0.305 e. The lowest BCUT2D eigenvalue weighted by Crippen LogP contribution is -2.26. The summed E-state index contributed by atoms with van der Waals surface area (Å²) in [6, 6.07) is 22.9. The van der Waals surface area contributed by atoms with Gasteiger partial charge in [-0.2, -0.15) is 0 Å². The first kappa shape index (κ1) is 27.3. The summed E-state index contributed by atoms with van der Waals surface area (Å²) in [5, 5.41) is 14.4. The van der Waals surface area contributed by atoms with Crippen molar-refractivity contribution in [3.8, 4) is 0 Å². The van der Waals surface area contributed by atoms with Gasteiger partial charge in [-0.1, -0.05) is 64.5 Å². The monoisotopic (exact) mass is 574 g/mol. The molecule has 196 valence electrons. The predicted molar refractivity (Wildman–Crippen MR) is 153 cm³/mol. The molecule has 1 atom stereocenters. The number of carbonyl (C=O) groups is 3. The van der Waals surface area contributed by atoms with E-state index in [4.69, 9.17) is 5.11 Å². The van der Waals surface area contributed by atoms with Crippen molar-refractivity contribution < 1.29 is 19.5 Å². The highest BCUT2D eigenvalue weighted by atomic mass is 79.9. The molecule has 1 aliphatic carbocycles. The topological polar surface area (TPSA) is 95.5 Å². The number of aliphatic carboxylic acids is 1. The van der Waals surface area contributed by atoms with Crippen molar-refractivity contribution in [2.75, 3.05) is 11.9 Å². The van der Waals surface area contributed by atoms with Gasteiger partial charge in [-0.25, -0.2) is 0 Å². The van der Waals surface area contributed by atoms with Gasteiger partial charge in [0.25, 0.3) is 5.91 Å². The van der Waals surface area contributed by atoms with Crippen LogP contribution < -0.4 is 10.6 Å². The van der Waals surface area contributed by atoms with Gasteiger partial charge < -0.3 is 15.7 Å². The molecular formula is C31H31BrN2O4. The van der Waals surface area contributed by atoms with Gasteiger partial charge in [0.2, 0.25) is 5.91 Å². The van der Waals surface area contributed by atoms with Crippen LogP contribution in [-0.2, 0) is 16.0 Å². The standard InChI is InChI=1S/C31H31BrN2O4/c32-26-7-4-8-27(20-26)34-31(38)28(24-15-13-23(14-16-24)22-5-2-1-3-6-22)19-21-9-11-25(12-10-21)30(37)33-18-17-29(35)36/h4-5,7-16,20,28H,1-3,6,17-19H2,(H,33,37)(H,34,38)(H,35,36). The van der Waals surface area contributed by atoms with Crippen molar-refractivity contribution in [3.63, 3.8) is 0 Å². The molecule has 3 aromatic rings. The van der Waals surface area contributed by atoms with Crippen LogP contribution in [0.25, 0.3) is 5.57 Å². The Hall–Kier alpha value is -3.71. The number of benzene rings is 3. The zero-order chi connectivity index (χ0) is 26.9. The van der Waals surface area contributed by atoms with Gasteiger partial charge in [-0.15, -0.1) is 0 Å².